The molecule has 1 rings (SSSR count). The first-order valence-electron chi connectivity index (χ1n) is 3.67. The number of hydrogen-bond donors (Lipinski definition) is 0. The molecule has 0 heterocycles. The van der Waals surface area contributed by atoms with Gasteiger partial charge in [0.1, 0.15) is 21.6 Å². The topological polar surface area (TPSA) is 75.7 Å². The summed E-state index contributed by atoms with van der Waals surface area (Å²) in [7, 11) is -1.79. The van der Waals surface area contributed by atoms with Crippen molar-refractivity contribution in [2.45, 2.75) is 4.90 Å². The Morgan fingerprint density at radius 3 is 2.20 bits per heavy atom. The van der Waals surface area contributed by atoms with Crippen molar-refractivity contribution < 1.29 is 52.0 Å². The molecular weight excluding hydrogens is 231 g/mol. The van der Waals surface area contributed by atoms with Crippen LogP contribution < -0.4 is 39.0 Å². The monoisotopic (exact) mass is 240 g/mol. The first kappa shape index (κ1) is 14.7. The van der Waals surface area contributed by atoms with Gasteiger partial charge >= 0.3 is 29.6 Å². The van der Waals surface area contributed by atoms with Gasteiger partial charge in [0.05, 0.1) is 19.1 Å². The van der Waals surface area contributed by atoms with Gasteiger partial charge in [0.25, 0.3) is 0 Å². The summed E-state index contributed by atoms with van der Waals surface area (Å²) in [6, 6.07) is 3.87. The van der Waals surface area contributed by atoms with Gasteiger partial charge in [-0.05, 0) is 12.1 Å². The molecule has 0 saturated carbocycles. The van der Waals surface area contributed by atoms with Crippen LogP contribution in [0, 0.1) is 0 Å². The summed E-state index contributed by atoms with van der Waals surface area (Å²) in [5.74, 6) is 0.411. The van der Waals surface area contributed by atoms with Crippen molar-refractivity contribution in [1.29, 1.82) is 0 Å². The Hall–Kier alpha value is -0.270. The molecule has 0 atom stereocenters. The van der Waals surface area contributed by atoms with E-state index in [4.69, 9.17) is 9.47 Å². The Morgan fingerprint density at radius 1 is 1.20 bits per heavy atom. The van der Waals surface area contributed by atoms with Crippen molar-refractivity contribution in [1.82, 2.24) is 0 Å². The zero-order valence-electron chi connectivity index (χ0n) is 8.68. The molecule has 0 aromatic heterocycles. The van der Waals surface area contributed by atoms with E-state index in [0.717, 1.165) is 6.07 Å². The zero-order chi connectivity index (χ0) is 10.8. The van der Waals surface area contributed by atoms with Crippen molar-refractivity contribution in [3.8, 4) is 11.5 Å². The standard InChI is InChI=1S/C8H10O5S.Na/c1-12-6-3-4-8(14(9,10)11)7(5-6)13-2;/h3-5H,1-2H3,(H,9,10,11);/q;+1/p-1. The normalized spacial score (nSPS) is 10.3. The number of benzene rings is 1. The van der Waals surface area contributed by atoms with Crippen molar-refractivity contribution in [2.24, 2.45) is 0 Å². The van der Waals surface area contributed by atoms with Crippen molar-refractivity contribution in [3.63, 3.8) is 0 Å². The maximum absolute atomic E-state index is 10.7. The molecule has 5 nitrogen and oxygen atoms in total. The third-order valence-electron chi connectivity index (χ3n) is 1.64. The summed E-state index contributed by atoms with van der Waals surface area (Å²) in [5, 5.41) is 0. The molecule has 0 unspecified atom stereocenters. The summed E-state index contributed by atoms with van der Waals surface area (Å²) in [6.45, 7) is 0. The van der Waals surface area contributed by atoms with Gasteiger partial charge in [0.15, 0.2) is 0 Å². The van der Waals surface area contributed by atoms with Crippen molar-refractivity contribution in [2.75, 3.05) is 14.2 Å². The molecule has 0 N–H and O–H groups in total. The van der Waals surface area contributed by atoms with Crippen LogP contribution in [-0.2, 0) is 10.1 Å². The van der Waals surface area contributed by atoms with Crippen LogP contribution in [0.5, 0.6) is 11.5 Å². The number of methoxy groups -OCH3 is 2. The summed E-state index contributed by atoms with van der Waals surface area (Å²) in [6.07, 6.45) is 0. The van der Waals surface area contributed by atoms with E-state index in [0.29, 0.717) is 5.75 Å². The number of hydrogen-bond acceptors (Lipinski definition) is 5. The second kappa shape index (κ2) is 5.72. The maximum atomic E-state index is 10.7. The van der Waals surface area contributed by atoms with Crippen LogP contribution in [0.4, 0.5) is 0 Å². The molecule has 0 bridgehead atoms. The van der Waals surface area contributed by atoms with Gasteiger partial charge in [-0.2, -0.15) is 0 Å². The first-order valence-corrected chi connectivity index (χ1v) is 5.08. The van der Waals surface area contributed by atoms with E-state index < -0.39 is 10.1 Å². The van der Waals surface area contributed by atoms with Gasteiger partial charge in [-0.15, -0.1) is 0 Å². The molecule has 0 amide bonds. The van der Waals surface area contributed by atoms with Gasteiger partial charge in [-0.3, -0.25) is 0 Å². The summed E-state index contributed by atoms with van der Waals surface area (Å²) < 4.78 is 41.8. The minimum absolute atomic E-state index is 0. The predicted octanol–water partition coefficient (Wildman–Crippen LogP) is -2.39. The van der Waals surface area contributed by atoms with Crippen LogP contribution in [0.25, 0.3) is 0 Å². The van der Waals surface area contributed by atoms with E-state index in [1.54, 1.807) is 0 Å². The van der Waals surface area contributed by atoms with Crippen LogP contribution in [0.3, 0.4) is 0 Å². The number of rotatable bonds is 3. The van der Waals surface area contributed by atoms with Crippen LogP contribution in [0.2, 0.25) is 0 Å². The molecule has 0 aliphatic carbocycles. The number of ether oxygens (including phenoxy) is 2. The third-order valence-corrected chi connectivity index (χ3v) is 2.52. The van der Waals surface area contributed by atoms with Gasteiger partial charge in [-0.1, -0.05) is 0 Å². The van der Waals surface area contributed by atoms with E-state index in [9.17, 15) is 13.0 Å². The van der Waals surface area contributed by atoms with Gasteiger partial charge in [-0.25, -0.2) is 8.42 Å². The molecule has 7 heteroatoms. The second-order valence-electron chi connectivity index (χ2n) is 2.47. The molecule has 0 spiro atoms. The molecule has 1 aromatic carbocycles. The van der Waals surface area contributed by atoms with Crippen LogP contribution in [0.1, 0.15) is 0 Å². The van der Waals surface area contributed by atoms with E-state index in [1.807, 2.05) is 0 Å². The fourth-order valence-electron chi connectivity index (χ4n) is 0.981. The zero-order valence-corrected chi connectivity index (χ0v) is 11.5. The Bertz CT molecular complexity index is 429. The minimum atomic E-state index is -4.50. The van der Waals surface area contributed by atoms with Crippen molar-refractivity contribution >= 4 is 10.1 Å². The average molecular weight is 240 g/mol. The van der Waals surface area contributed by atoms with E-state index in [2.05, 4.69) is 0 Å². The molecular formula is C8H9NaO5S. The first-order chi connectivity index (χ1) is 6.49. The van der Waals surface area contributed by atoms with E-state index in [1.165, 1.54) is 26.4 Å². The maximum Gasteiger partial charge on any atom is 1.00 e. The average Bonchev–Trinajstić information content (AvgIpc) is 2.15. The SMILES string of the molecule is COc1ccc(S(=O)(=O)[O-])c(OC)c1.[Na+]. The van der Waals surface area contributed by atoms with E-state index >= 15 is 0 Å². The molecule has 0 radical (unpaired) electrons. The van der Waals surface area contributed by atoms with Crippen LogP contribution in [-0.4, -0.2) is 27.2 Å². The molecule has 0 aliphatic heterocycles. The minimum Gasteiger partial charge on any atom is -0.744 e. The van der Waals surface area contributed by atoms with Gasteiger partial charge in [0, 0.05) is 6.07 Å². The molecule has 78 valence electrons. The Labute approximate surface area is 110 Å². The summed E-state index contributed by atoms with van der Waals surface area (Å²) in [4.78, 5) is -0.388. The molecule has 1 aromatic rings. The molecule has 15 heavy (non-hydrogen) atoms. The Balaban J connectivity index is 0.00000196. The Morgan fingerprint density at radius 2 is 1.80 bits per heavy atom. The van der Waals surface area contributed by atoms with Crippen LogP contribution >= 0.6 is 0 Å². The smallest absolute Gasteiger partial charge is 0.744 e. The molecule has 0 aliphatic rings. The molecule has 0 fully saturated rings. The molecule has 0 saturated heterocycles. The fourth-order valence-corrected chi connectivity index (χ4v) is 1.60. The fraction of sp³-hybridized carbons (Fsp3) is 0.250. The second-order valence-corrected chi connectivity index (χ2v) is 3.82. The van der Waals surface area contributed by atoms with Crippen molar-refractivity contribution in [3.05, 3.63) is 18.2 Å². The van der Waals surface area contributed by atoms with Crippen LogP contribution in [0.15, 0.2) is 23.1 Å². The largest absolute Gasteiger partial charge is 1.00 e. The predicted molar refractivity (Wildman–Crippen MR) is 47.5 cm³/mol. The Kier molecular flexibility index (Phi) is 5.61. The summed E-state index contributed by atoms with van der Waals surface area (Å²) >= 11 is 0. The van der Waals surface area contributed by atoms with Gasteiger partial charge in [0.2, 0.25) is 0 Å². The summed E-state index contributed by atoms with van der Waals surface area (Å²) in [5.41, 5.74) is 0. The third kappa shape index (κ3) is 3.66. The van der Waals surface area contributed by atoms with Gasteiger partial charge < -0.3 is 14.0 Å². The quantitative estimate of drug-likeness (QED) is 0.435. The van der Waals surface area contributed by atoms with E-state index in [-0.39, 0.29) is 40.2 Å².